The van der Waals surface area contributed by atoms with Crippen LogP contribution in [-0.2, 0) is 0 Å². The Labute approximate surface area is 102 Å². The maximum Gasteiger partial charge on any atom is 0.189 e. The number of thiazole rings is 1. The average molecular weight is 242 g/mol. The van der Waals surface area contributed by atoms with Crippen LogP contribution in [0, 0.1) is 0 Å². The van der Waals surface area contributed by atoms with E-state index in [9.17, 15) is 0 Å². The molecule has 2 heterocycles. The van der Waals surface area contributed by atoms with Crippen molar-refractivity contribution in [3.63, 3.8) is 0 Å². The summed E-state index contributed by atoms with van der Waals surface area (Å²) in [5.41, 5.74) is 7.41. The third-order valence-electron chi connectivity index (χ3n) is 2.36. The van der Waals surface area contributed by atoms with Crippen LogP contribution in [0.1, 0.15) is 0 Å². The van der Waals surface area contributed by atoms with Gasteiger partial charge >= 0.3 is 0 Å². The molecule has 0 atom stereocenters. The van der Waals surface area contributed by atoms with Crippen LogP contribution in [0.5, 0.6) is 0 Å². The van der Waals surface area contributed by atoms with Gasteiger partial charge in [0.2, 0.25) is 0 Å². The SMILES string of the molecule is Nc1cccnc1Nc1nc2ccccc2s1. The maximum atomic E-state index is 5.81. The Kier molecular flexibility index (Phi) is 2.38. The standard InChI is InChI=1S/C12H10N4S/c13-8-4-3-7-14-11(8)16-12-15-9-5-1-2-6-10(9)17-12/h1-7H,13H2,(H,14,15,16). The zero-order valence-corrected chi connectivity index (χ0v) is 9.74. The van der Waals surface area contributed by atoms with E-state index >= 15 is 0 Å². The van der Waals surface area contributed by atoms with Gasteiger partial charge in [-0.2, -0.15) is 0 Å². The van der Waals surface area contributed by atoms with Crippen molar-refractivity contribution in [3.8, 4) is 0 Å². The Morgan fingerprint density at radius 2 is 2.00 bits per heavy atom. The molecule has 5 heteroatoms. The van der Waals surface area contributed by atoms with Gasteiger partial charge in [0.25, 0.3) is 0 Å². The second-order valence-electron chi connectivity index (χ2n) is 3.55. The highest BCUT2D eigenvalue weighted by atomic mass is 32.1. The third kappa shape index (κ3) is 1.92. The zero-order valence-electron chi connectivity index (χ0n) is 8.92. The number of fused-ring (bicyclic) bond motifs is 1. The first kappa shape index (κ1) is 10.0. The van der Waals surface area contributed by atoms with Gasteiger partial charge in [-0.25, -0.2) is 9.97 Å². The summed E-state index contributed by atoms with van der Waals surface area (Å²) in [5.74, 6) is 0.645. The number of nitrogens with one attached hydrogen (secondary N) is 1. The van der Waals surface area contributed by atoms with E-state index in [0.717, 1.165) is 15.3 Å². The second kappa shape index (κ2) is 4.03. The average Bonchev–Trinajstić information content (AvgIpc) is 2.74. The highest BCUT2D eigenvalue weighted by Crippen LogP contribution is 2.28. The van der Waals surface area contributed by atoms with Crippen LogP contribution in [0.15, 0.2) is 42.6 Å². The van der Waals surface area contributed by atoms with Gasteiger partial charge in [-0.1, -0.05) is 23.5 Å². The first-order valence-electron chi connectivity index (χ1n) is 5.16. The number of nitrogens with two attached hydrogens (primary N) is 1. The monoisotopic (exact) mass is 242 g/mol. The maximum absolute atomic E-state index is 5.81. The van der Waals surface area contributed by atoms with Crippen LogP contribution in [0.25, 0.3) is 10.2 Å². The van der Waals surface area contributed by atoms with Crippen LogP contribution < -0.4 is 11.1 Å². The number of rotatable bonds is 2. The number of aromatic nitrogens is 2. The molecule has 0 fully saturated rings. The number of nitrogen functional groups attached to an aromatic ring is 1. The summed E-state index contributed by atoms with van der Waals surface area (Å²) in [6, 6.07) is 11.6. The Balaban J connectivity index is 1.98. The molecule has 0 aliphatic carbocycles. The van der Waals surface area contributed by atoms with E-state index < -0.39 is 0 Å². The Morgan fingerprint density at radius 1 is 1.12 bits per heavy atom. The molecule has 4 nitrogen and oxygen atoms in total. The Bertz CT molecular complexity index is 629. The van der Waals surface area contributed by atoms with Gasteiger partial charge in [0.1, 0.15) is 0 Å². The first-order chi connectivity index (χ1) is 8.33. The molecule has 0 aliphatic rings. The van der Waals surface area contributed by atoms with E-state index in [1.54, 1.807) is 23.6 Å². The minimum absolute atomic E-state index is 0.617. The van der Waals surface area contributed by atoms with E-state index in [1.165, 1.54) is 0 Å². The predicted molar refractivity (Wildman–Crippen MR) is 71.6 cm³/mol. The molecule has 2 aromatic heterocycles. The predicted octanol–water partition coefficient (Wildman–Crippen LogP) is 3.02. The largest absolute Gasteiger partial charge is 0.396 e. The molecular formula is C12H10N4S. The van der Waals surface area contributed by atoms with Crippen molar-refractivity contribution in [2.45, 2.75) is 0 Å². The lowest BCUT2D eigenvalue weighted by Gasteiger charge is -2.03. The highest BCUT2D eigenvalue weighted by molar-refractivity contribution is 7.22. The number of hydrogen-bond donors (Lipinski definition) is 2. The normalized spacial score (nSPS) is 10.6. The Hall–Kier alpha value is -2.14. The molecule has 0 spiro atoms. The van der Waals surface area contributed by atoms with E-state index in [1.807, 2.05) is 30.3 Å². The smallest absolute Gasteiger partial charge is 0.189 e. The fourth-order valence-corrected chi connectivity index (χ4v) is 2.41. The van der Waals surface area contributed by atoms with Crippen molar-refractivity contribution < 1.29 is 0 Å². The Morgan fingerprint density at radius 3 is 2.82 bits per heavy atom. The minimum atomic E-state index is 0.617. The van der Waals surface area contributed by atoms with Crippen molar-refractivity contribution in [2.75, 3.05) is 11.1 Å². The molecule has 3 aromatic rings. The third-order valence-corrected chi connectivity index (χ3v) is 3.31. The van der Waals surface area contributed by atoms with Crippen LogP contribution >= 0.6 is 11.3 Å². The van der Waals surface area contributed by atoms with E-state index in [4.69, 9.17) is 5.73 Å². The summed E-state index contributed by atoms with van der Waals surface area (Å²) in [4.78, 5) is 8.64. The molecule has 0 saturated heterocycles. The molecule has 3 rings (SSSR count). The number of hydrogen-bond acceptors (Lipinski definition) is 5. The van der Waals surface area contributed by atoms with Gasteiger partial charge in [0.15, 0.2) is 10.9 Å². The number of benzene rings is 1. The van der Waals surface area contributed by atoms with Crippen LogP contribution in [0.2, 0.25) is 0 Å². The van der Waals surface area contributed by atoms with Gasteiger partial charge in [-0.05, 0) is 24.3 Å². The molecular weight excluding hydrogens is 232 g/mol. The molecule has 1 aromatic carbocycles. The summed E-state index contributed by atoms with van der Waals surface area (Å²) >= 11 is 1.58. The lowest BCUT2D eigenvalue weighted by Crippen LogP contribution is -1.97. The molecule has 0 saturated carbocycles. The van der Waals surface area contributed by atoms with Gasteiger partial charge in [-0.3, -0.25) is 0 Å². The molecule has 3 N–H and O–H groups in total. The van der Waals surface area contributed by atoms with Gasteiger partial charge < -0.3 is 11.1 Å². The number of para-hydroxylation sites is 1. The summed E-state index contributed by atoms with van der Waals surface area (Å²) in [7, 11) is 0. The lowest BCUT2D eigenvalue weighted by atomic mass is 10.3. The van der Waals surface area contributed by atoms with E-state index in [-0.39, 0.29) is 0 Å². The fraction of sp³-hybridized carbons (Fsp3) is 0. The second-order valence-corrected chi connectivity index (χ2v) is 4.58. The highest BCUT2D eigenvalue weighted by Gasteiger charge is 2.05. The molecule has 0 amide bonds. The number of pyridine rings is 1. The van der Waals surface area contributed by atoms with Crippen LogP contribution in [-0.4, -0.2) is 9.97 Å². The number of anilines is 3. The lowest BCUT2D eigenvalue weighted by molar-refractivity contribution is 1.30. The molecule has 0 unspecified atom stereocenters. The van der Waals surface area contributed by atoms with E-state index in [0.29, 0.717) is 11.5 Å². The first-order valence-corrected chi connectivity index (χ1v) is 5.98. The molecule has 0 radical (unpaired) electrons. The van der Waals surface area contributed by atoms with Crippen molar-refractivity contribution in [2.24, 2.45) is 0 Å². The van der Waals surface area contributed by atoms with Crippen molar-refractivity contribution in [3.05, 3.63) is 42.6 Å². The van der Waals surface area contributed by atoms with E-state index in [2.05, 4.69) is 15.3 Å². The molecule has 17 heavy (non-hydrogen) atoms. The quantitative estimate of drug-likeness (QED) is 0.725. The topological polar surface area (TPSA) is 63.8 Å². The summed E-state index contributed by atoms with van der Waals surface area (Å²) in [5, 5.41) is 3.94. The fourth-order valence-electron chi connectivity index (χ4n) is 1.55. The minimum Gasteiger partial charge on any atom is -0.396 e. The summed E-state index contributed by atoms with van der Waals surface area (Å²) in [6.45, 7) is 0. The van der Waals surface area contributed by atoms with Crippen molar-refractivity contribution in [1.29, 1.82) is 0 Å². The van der Waals surface area contributed by atoms with Gasteiger partial charge in [0, 0.05) is 6.20 Å². The molecule has 0 aliphatic heterocycles. The van der Waals surface area contributed by atoms with Gasteiger partial charge in [0.05, 0.1) is 15.9 Å². The van der Waals surface area contributed by atoms with Crippen molar-refractivity contribution >= 4 is 38.2 Å². The molecule has 84 valence electrons. The number of nitrogens with zero attached hydrogens (tertiary/aromatic N) is 2. The summed E-state index contributed by atoms with van der Waals surface area (Å²) in [6.07, 6.45) is 1.70. The molecule has 0 bridgehead atoms. The van der Waals surface area contributed by atoms with Gasteiger partial charge in [-0.15, -0.1) is 0 Å². The zero-order chi connectivity index (χ0) is 11.7. The van der Waals surface area contributed by atoms with Crippen molar-refractivity contribution in [1.82, 2.24) is 9.97 Å². The van der Waals surface area contributed by atoms with Crippen LogP contribution in [0.4, 0.5) is 16.6 Å². The van der Waals surface area contributed by atoms with Crippen LogP contribution in [0.3, 0.4) is 0 Å². The summed E-state index contributed by atoms with van der Waals surface area (Å²) < 4.78 is 1.14.